The van der Waals surface area contributed by atoms with Gasteiger partial charge in [-0.2, -0.15) is 8.78 Å². The second-order valence-electron chi connectivity index (χ2n) is 1.28. The second-order valence-corrected chi connectivity index (χ2v) is 1.28. The van der Waals surface area contributed by atoms with Gasteiger partial charge in [-0.1, -0.05) is 0 Å². The molecule has 1 rings (SSSR count). The minimum absolute atomic E-state index is 1.28. The van der Waals surface area contributed by atoms with Gasteiger partial charge < -0.3 is 10.5 Å². The topological polar surface area (TPSA) is 24.1 Å². The Hall–Kier alpha value is -0.805. The van der Waals surface area contributed by atoms with E-state index in [9.17, 15) is 13.1 Å². The fourth-order valence-corrected chi connectivity index (χ4v) is 0.385. The van der Waals surface area contributed by atoms with Crippen LogP contribution >= 0.6 is 0 Å². The van der Waals surface area contributed by atoms with Crippen molar-refractivity contribution in [3.63, 3.8) is 0 Å². The average Bonchev–Trinajstić information content (AvgIpc) is 1.85. The molecule has 0 aliphatic carbocycles. The Morgan fingerprint density at radius 2 is 1.50 bits per heavy atom. The monoisotopic (exact) mass is 122 g/mol. The van der Waals surface area contributed by atoms with Crippen LogP contribution in [0, 0.1) is 0 Å². The summed E-state index contributed by atoms with van der Waals surface area (Å²) in [5.74, 6) is -2.56. The normalized spacial score (nSPS) is 18.6. The van der Waals surface area contributed by atoms with Gasteiger partial charge in [-0.15, -0.1) is 0 Å². The molecule has 0 aromatic rings. The summed E-state index contributed by atoms with van der Waals surface area (Å²) in [4.78, 5) is 0. The molecule has 0 spiro atoms. The molecule has 0 bridgehead atoms. The molecule has 1 aliphatic rings. The summed E-state index contributed by atoms with van der Waals surface area (Å²) in [7, 11) is -1.82. The summed E-state index contributed by atoms with van der Waals surface area (Å²) in [6, 6.07) is 0. The Morgan fingerprint density at radius 1 is 1.12 bits per heavy atom. The van der Waals surface area contributed by atoms with Crippen LogP contribution in [0.25, 0.3) is 0 Å². The first kappa shape index (κ1) is 5.33. The predicted octanol–water partition coefficient (Wildman–Crippen LogP) is 0.199. The van der Waals surface area contributed by atoms with E-state index < -0.39 is 19.2 Å². The molecule has 0 atom stereocenters. The molecule has 0 aromatic heterocycles. The van der Waals surface area contributed by atoms with Gasteiger partial charge in [0, 0.05) is 0 Å². The highest BCUT2D eigenvalue weighted by Crippen LogP contribution is 2.07. The van der Waals surface area contributed by atoms with Crippen molar-refractivity contribution in [1.82, 2.24) is 10.5 Å². The van der Waals surface area contributed by atoms with Crippen molar-refractivity contribution in [2.75, 3.05) is 0 Å². The van der Waals surface area contributed by atoms with Crippen LogP contribution in [-0.2, 0) is 0 Å². The Balaban J connectivity index is 2.60. The maximum atomic E-state index is 11.7. The van der Waals surface area contributed by atoms with Crippen LogP contribution in [0.5, 0.6) is 0 Å². The molecule has 0 saturated carbocycles. The third kappa shape index (κ3) is 0.729. The van der Waals surface area contributed by atoms with E-state index in [0.717, 1.165) is 0 Å². The summed E-state index contributed by atoms with van der Waals surface area (Å²) >= 11 is 0. The van der Waals surface area contributed by atoms with Crippen molar-refractivity contribution >= 4 is 7.26 Å². The van der Waals surface area contributed by atoms with Gasteiger partial charge in [0.15, 0.2) is 0 Å². The smallest absolute Gasteiger partial charge is 0.353 e. The maximum absolute atomic E-state index is 11.7. The highest BCUT2D eigenvalue weighted by molar-refractivity contribution is 6.47. The van der Waals surface area contributed by atoms with E-state index in [4.69, 9.17) is 0 Å². The van der Waals surface area contributed by atoms with Crippen molar-refractivity contribution in [2.45, 2.75) is 0 Å². The van der Waals surface area contributed by atoms with Crippen LogP contribution in [0.3, 0.4) is 0 Å². The Bertz CT molecular complexity index is 121. The van der Waals surface area contributed by atoms with Gasteiger partial charge in [0.1, 0.15) is 0 Å². The van der Waals surface area contributed by atoms with Crippen LogP contribution in [0.4, 0.5) is 13.1 Å². The second kappa shape index (κ2) is 1.61. The van der Waals surface area contributed by atoms with Gasteiger partial charge in [0.05, 0.1) is 0 Å². The average molecular weight is 122 g/mol. The zero-order valence-corrected chi connectivity index (χ0v) is 3.71. The first-order chi connectivity index (χ1) is 3.70. The molecule has 2 nitrogen and oxygen atoms in total. The molecule has 0 fully saturated rings. The third-order valence-corrected chi connectivity index (χ3v) is 0.700. The van der Waals surface area contributed by atoms with E-state index in [1.807, 2.05) is 0 Å². The lowest BCUT2D eigenvalue weighted by Gasteiger charge is -1.88. The van der Waals surface area contributed by atoms with Crippen molar-refractivity contribution in [3.8, 4) is 0 Å². The minimum atomic E-state index is -1.82. The zero-order valence-electron chi connectivity index (χ0n) is 3.71. The molecular formula is C2H2BF3N2. The van der Waals surface area contributed by atoms with Gasteiger partial charge in [-0.05, 0) is 0 Å². The largest absolute Gasteiger partial charge is 0.586 e. The van der Waals surface area contributed by atoms with Crippen LogP contribution in [0.15, 0.2) is 11.9 Å². The van der Waals surface area contributed by atoms with E-state index in [0.29, 0.717) is 0 Å². The molecule has 1 aliphatic heterocycles. The van der Waals surface area contributed by atoms with E-state index in [1.54, 1.807) is 0 Å². The van der Waals surface area contributed by atoms with Gasteiger partial charge in [0.25, 0.3) is 0 Å². The summed E-state index contributed by atoms with van der Waals surface area (Å²) in [5.41, 5.74) is 0. The lowest BCUT2D eigenvalue weighted by molar-refractivity contribution is 0.516. The molecule has 1 heterocycles. The van der Waals surface area contributed by atoms with Crippen molar-refractivity contribution in [3.05, 3.63) is 11.9 Å². The number of rotatable bonds is 0. The molecule has 0 saturated heterocycles. The third-order valence-electron chi connectivity index (χ3n) is 0.700. The zero-order chi connectivity index (χ0) is 6.15. The molecule has 8 heavy (non-hydrogen) atoms. The molecule has 44 valence electrons. The molecule has 0 radical (unpaired) electrons. The lowest BCUT2D eigenvalue weighted by Crippen LogP contribution is -2.33. The van der Waals surface area contributed by atoms with Gasteiger partial charge in [-0.25, -0.2) is 0 Å². The fourth-order valence-electron chi connectivity index (χ4n) is 0.385. The summed E-state index contributed by atoms with van der Waals surface area (Å²) < 4.78 is 35.0. The van der Waals surface area contributed by atoms with E-state index in [2.05, 4.69) is 0 Å². The standard InChI is InChI=1S/C2H2BF3N2/c4-1-2(5)8-3(6)7-1/h7-8H. The predicted molar refractivity (Wildman–Crippen MR) is 22.4 cm³/mol. The van der Waals surface area contributed by atoms with Crippen molar-refractivity contribution < 1.29 is 13.1 Å². The minimum Gasteiger partial charge on any atom is -0.353 e. The summed E-state index contributed by atoms with van der Waals surface area (Å²) in [5, 5.41) is 3.05. The number of hydrogen-bond acceptors (Lipinski definition) is 2. The lowest BCUT2D eigenvalue weighted by atomic mass is 10.1. The molecule has 2 N–H and O–H groups in total. The quantitative estimate of drug-likeness (QED) is 0.354. The molecule has 0 unspecified atom stereocenters. The van der Waals surface area contributed by atoms with E-state index in [-0.39, 0.29) is 0 Å². The Labute approximate surface area is 43.9 Å². The molecular weight excluding hydrogens is 120 g/mol. The Kier molecular flexibility index (Phi) is 1.07. The first-order valence-corrected chi connectivity index (χ1v) is 1.92. The number of nitrogens with one attached hydrogen (secondary N) is 2. The number of hydrogen-bond donors (Lipinski definition) is 2. The number of halogens is 3. The van der Waals surface area contributed by atoms with E-state index >= 15 is 0 Å². The van der Waals surface area contributed by atoms with Gasteiger partial charge in [0.2, 0.25) is 11.9 Å². The SMILES string of the molecule is FB1NC(F)=C(F)N1. The first-order valence-electron chi connectivity index (χ1n) is 1.92. The van der Waals surface area contributed by atoms with Crippen LogP contribution in [0.2, 0.25) is 0 Å². The van der Waals surface area contributed by atoms with Crippen molar-refractivity contribution in [1.29, 1.82) is 0 Å². The van der Waals surface area contributed by atoms with Crippen LogP contribution in [-0.4, -0.2) is 7.26 Å². The molecule has 0 amide bonds. The van der Waals surface area contributed by atoms with Crippen LogP contribution in [0.1, 0.15) is 0 Å². The summed E-state index contributed by atoms with van der Waals surface area (Å²) in [6.45, 7) is 0. The highest BCUT2D eigenvalue weighted by atomic mass is 19.2. The molecule has 6 heteroatoms. The van der Waals surface area contributed by atoms with Crippen molar-refractivity contribution in [2.24, 2.45) is 0 Å². The summed E-state index contributed by atoms with van der Waals surface area (Å²) in [6.07, 6.45) is 0. The molecule has 0 aromatic carbocycles. The maximum Gasteiger partial charge on any atom is 0.586 e. The fraction of sp³-hybridized carbons (Fsp3) is 0. The van der Waals surface area contributed by atoms with Gasteiger partial charge >= 0.3 is 7.26 Å². The van der Waals surface area contributed by atoms with Gasteiger partial charge in [-0.3, -0.25) is 4.32 Å². The van der Waals surface area contributed by atoms with E-state index in [1.165, 1.54) is 10.5 Å². The van der Waals surface area contributed by atoms with Crippen LogP contribution < -0.4 is 10.5 Å². The highest BCUT2D eigenvalue weighted by Gasteiger charge is 2.28. The Morgan fingerprint density at radius 3 is 1.62 bits per heavy atom.